The topological polar surface area (TPSA) is 50.1 Å². The fraction of sp³-hybridized carbons (Fsp3) is 0.333. The minimum Gasteiger partial charge on any atom is -0.469 e. The van der Waals surface area contributed by atoms with Crippen molar-refractivity contribution >= 4 is 17.6 Å². The van der Waals surface area contributed by atoms with Crippen molar-refractivity contribution < 1.29 is 9.53 Å². The highest BCUT2D eigenvalue weighted by atomic mass is 35.5. The number of esters is 1. The van der Waals surface area contributed by atoms with Gasteiger partial charge in [0.15, 0.2) is 0 Å². The molecule has 1 atom stereocenters. The Morgan fingerprint density at radius 2 is 2.25 bits per heavy atom. The Labute approximate surface area is 99.6 Å². The van der Waals surface area contributed by atoms with E-state index >= 15 is 0 Å². The van der Waals surface area contributed by atoms with Gasteiger partial charge in [-0.25, -0.2) is 0 Å². The van der Waals surface area contributed by atoms with Crippen LogP contribution in [0, 0.1) is 11.3 Å². The molecule has 3 nitrogen and oxygen atoms in total. The molecule has 0 unspecified atom stereocenters. The van der Waals surface area contributed by atoms with Gasteiger partial charge in [-0.2, -0.15) is 5.26 Å². The van der Waals surface area contributed by atoms with Gasteiger partial charge in [-0.05, 0) is 18.1 Å². The summed E-state index contributed by atoms with van der Waals surface area (Å²) in [6.45, 7) is 0. The summed E-state index contributed by atoms with van der Waals surface area (Å²) < 4.78 is 4.53. The van der Waals surface area contributed by atoms with Crippen LogP contribution in [0.25, 0.3) is 0 Å². The molecule has 1 rings (SSSR count). The van der Waals surface area contributed by atoms with Crippen LogP contribution in [0.2, 0.25) is 5.02 Å². The third-order valence-corrected chi connectivity index (χ3v) is 2.65. The zero-order valence-corrected chi connectivity index (χ0v) is 9.70. The number of hydrogen-bond donors (Lipinski definition) is 0. The molecule has 0 heterocycles. The number of hydrogen-bond acceptors (Lipinski definition) is 3. The molecule has 0 amide bonds. The van der Waals surface area contributed by atoms with E-state index in [2.05, 4.69) is 10.8 Å². The Morgan fingerprint density at radius 1 is 1.56 bits per heavy atom. The van der Waals surface area contributed by atoms with Crippen molar-refractivity contribution in [3.05, 3.63) is 34.9 Å². The molecule has 0 spiro atoms. The first-order chi connectivity index (χ1) is 7.69. The van der Waals surface area contributed by atoms with E-state index in [4.69, 9.17) is 16.9 Å². The van der Waals surface area contributed by atoms with Gasteiger partial charge in [-0.1, -0.05) is 29.8 Å². The summed E-state index contributed by atoms with van der Waals surface area (Å²) in [6, 6.07) is 9.31. The molecule has 1 aromatic carbocycles. The van der Waals surface area contributed by atoms with Crippen LogP contribution >= 0.6 is 11.6 Å². The number of rotatable bonds is 4. The number of nitriles is 1. The molecule has 0 aliphatic heterocycles. The van der Waals surface area contributed by atoms with E-state index in [9.17, 15) is 4.79 Å². The maximum absolute atomic E-state index is 11.0. The normalized spacial score (nSPS) is 11.6. The van der Waals surface area contributed by atoms with Crippen LogP contribution in [0.1, 0.15) is 24.3 Å². The van der Waals surface area contributed by atoms with Crippen LogP contribution in [0.4, 0.5) is 0 Å². The maximum Gasteiger partial charge on any atom is 0.305 e. The summed E-state index contributed by atoms with van der Waals surface area (Å²) in [6.07, 6.45) is 0.646. The SMILES string of the molecule is COC(=O)CC[C@@H](C#N)c1ccccc1Cl. The molecular weight excluding hydrogens is 226 g/mol. The van der Waals surface area contributed by atoms with Crippen molar-refractivity contribution in [2.45, 2.75) is 18.8 Å². The lowest BCUT2D eigenvalue weighted by Gasteiger charge is -2.10. The molecule has 0 aliphatic carbocycles. The first-order valence-corrected chi connectivity index (χ1v) is 5.27. The minimum absolute atomic E-state index is 0.222. The predicted molar refractivity (Wildman–Crippen MR) is 61.1 cm³/mol. The standard InChI is InChI=1S/C12H12ClNO2/c1-16-12(15)7-6-9(8-14)10-4-2-3-5-11(10)13/h2-5,9H,6-7H2,1H3/t9-/m0/s1. The van der Waals surface area contributed by atoms with E-state index in [0.29, 0.717) is 11.4 Å². The van der Waals surface area contributed by atoms with Crippen LogP contribution in [0.3, 0.4) is 0 Å². The van der Waals surface area contributed by atoms with E-state index in [1.54, 1.807) is 18.2 Å². The third-order valence-electron chi connectivity index (χ3n) is 2.30. The van der Waals surface area contributed by atoms with Crippen LogP contribution in [-0.4, -0.2) is 13.1 Å². The summed E-state index contributed by atoms with van der Waals surface area (Å²) in [4.78, 5) is 11.0. The first-order valence-electron chi connectivity index (χ1n) is 4.90. The Balaban J connectivity index is 2.73. The minimum atomic E-state index is -0.368. The number of ether oxygens (including phenoxy) is 1. The Morgan fingerprint density at radius 3 is 2.81 bits per heavy atom. The van der Waals surface area contributed by atoms with E-state index in [0.717, 1.165) is 5.56 Å². The van der Waals surface area contributed by atoms with Crippen molar-refractivity contribution in [3.8, 4) is 6.07 Å². The van der Waals surface area contributed by atoms with Crippen molar-refractivity contribution in [3.63, 3.8) is 0 Å². The number of methoxy groups -OCH3 is 1. The Bertz CT molecular complexity index is 412. The number of nitrogens with zero attached hydrogens (tertiary/aromatic N) is 1. The fourth-order valence-electron chi connectivity index (χ4n) is 1.41. The molecular formula is C12H12ClNO2. The first kappa shape index (κ1) is 12.5. The highest BCUT2D eigenvalue weighted by Gasteiger charge is 2.15. The summed E-state index contributed by atoms with van der Waals surface area (Å²) >= 11 is 5.98. The maximum atomic E-state index is 11.0. The van der Waals surface area contributed by atoms with Gasteiger partial charge >= 0.3 is 5.97 Å². The van der Waals surface area contributed by atoms with Gasteiger partial charge in [-0.15, -0.1) is 0 Å². The average Bonchev–Trinajstić information content (AvgIpc) is 2.31. The summed E-state index contributed by atoms with van der Waals surface area (Å²) in [7, 11) is 1.33. The van der Waals surface area contributed by atoms with Crippen LogP contribution in [0.5, 0.6) is 0 Å². The lowest BCUT2D eigenvalue weighted by molar-refractivity contribution is -0.140. The molecule has 0 saturated carbocycles. The summed E-state index contributed by atoms with van der Waals surface area (Å²) in [5.41, 5.74) is 0.760. The average molecular weight is 238 g/mol. The second kappa shape index (κ2) is 6.14. The molecule has 84 valence electrons. The van der Waals surface area contributed by atoms with Gasteiger partial charge < -0.3 is 4.74 Å². The second-order valence-electron chi connectivity index (χ2n) is 3.32. The Hall–Kier alpha value is -1.53. The molecule has 16 heavy (non-hydrogen) atoms. The molecule has 0 aromatic heterocycles. The van der Waals surface area contributed by atoms with Crippen molar-refractivity contribution in [1.29, 1.82) is 5.26 Å². The van der Waals surface area contributed by atoms with E-state index in [1.165, 1.54) is 7.11 Å². The second-order valence-corrected chi connectivity index (χ2v) is 3.73. The van der Waals surface area contributed by atoms with Crippen molar-refractivity contribution in [1.82, 2.24) is 0 Å². The number of carbonyl (C=O) groups is 1. The van der Waals surface area contributed by atoms with E-state index < -0.39 is 0 Å². The molecule has 0 radical (unpaired) electrons. The van der Waals surface area contributed by atoms with Crippen LogP contribution < -0.4 is 0 Å². The van der Waals surface area contributed by atoms with Gasteiger partial charge in [0.1, 0.15) is 0 Å². The molecule has 0 bridgehead atoms. The molecule has 1 aromatic rings. The largest absolute Gasteiger partial charge is 0.469 e. The predicted octanol–water partition coefficient (Wildman–Crippen LogP) is 2.90. The molecule has 4 heteroatoms. The molecule has 0 aliphatic rings. The lowest BCUT2D eigenvalue weighted by Crippen LogP contribution is -2.04. The van der Waals surface area contributed by atoms with Crippen LogP contribution in [-0.2, 0) is 9.53 Å². The van der Waals surface area contributed by atoms with E-state index in [-0.39, 0.29) is 18.3 Å². The molecule has 0 N–H and O–H groups in total. The fourth-order valence-corrected chi connectivity index (χ4v) is 1.68. The van der Waals surface area contributed by atoms with E-state index in [1.807, 2.05) is 6.07 Å². The zero-order valence-electron chi connectivity index (χ0n) is 8.94. The summed E-state index contributed by atoms with van der Waals surface area (Å²) in [5.74, 6) is -0.680. The van der Waals surface area contributed by atoms with Gasteiger partial charge in [0.25, 0.3) is 0 Å². The monoisotopic (exact) mass is 237 g/mol. The quantitative estimate of drug-likeness (QED) is 0.757. The van der Waals surface area contributed by atoms with Gasteiger partial charge in [0, 0.05) is 11.4 Å². The van der Waals surface area contributed by atoms with Gasteiger partial charge in [0.05, 0.1) is 19.1 Å². The molecule has 0 fully saturated rings. The van der Waals surface area contributed by atoms with Crippen molar-refractivity contribution in [2.75, 3.05) is 7.11 Å². The van der Waals surface area contributed by atoms with Crippen LogP contribution in [0.15, 0.2) is 24.3 Å². The summed E-state index contributed by atoms with van der Waals surface area (Å²) in [5, 5.41) is 9.58. The van der Waals surface area contributed by atoms with Crippen molar-refractivity contribution in [2.24, 2.45) is 0 Å². The Kier molecular flexibility index (Phi) is 4.81. The highest BCUT2D eigenvalue weighted by molar-refractivity contribution is 6.31. The number of halogens is 1. The smallest absolute Gasteiger partial charge is 0.305 e. The third kappa shape index (κ3) is 3.25. The zero-order chi connectivity index (χ0) is 12.0. The molecule has 0 saturated heterocycles. The number of carbonyl (C=O) groups excluding carboxylic acids is 1. The highest BCUT2D eigenvalue weighted by Crippen LogP contribution is 2.27. The van der Waals surface area contributed by atoms with Gasteiger partial charge in [-0.3, -0.25) is 4.79 Å². The number of benzene rings is 1. The lowest BCUT2D eigenvalue weighted by atomic mass is 9.96. The van der Waals surface area contributed by atoms with Gasteiger partial charge in [0.2, 0.25) is 0 Å².